The number of benzene rings is 2. The van der Waals surface area contributed by atoms with Crippen molar-refractivity contribution in [3.8, 4) is 5.75 Å². The number of halogens is 1. The highest BCUT2D eigenvalue weighted by atomic mass is 35.5. The van der Waals surface area contributed by atoms with E-state index in [1.807, 2.05) is 36.4 Å². The number of phenolic OH excluding ortho intramolecular Hbond substituents is 1. The highest BCUT2D eigenvalue weighted by molar-refractivity contribution is 6.30. The van der Waals surface area contributed by atoms with Gasteiger partial charge in [-0.25, -0.2) is 0 Å². The van der Waals surface area contributed by atoms with Crippen molar-refractivity contribution in [1.29, 1.82) is 0 Å². The van der Waals surface area contributed by atoms with Gasteiger partial charge in [0, 0.05) is 11.1 Å². The minimum Gasteiger partial charge on any atom is -0.508 e. The number of aromatic hydroxyl groups is 1. The molecular weight excluding hydrogens is 282 g/mol. The predicted octanol–water partition coefficient (Wildman–Crippen LogP) is 4.91. The molecule has 0 aliphatic carbocycles. The SMILES string of the molecule is CCCC(C)NC(c1ccc(O)cc1)c1ccc(Cl)cc1. The molecule has 2 atom stereocenters. The topological polar surface area (TPSA) is 32.3 Å². The molecule has 21 heavy (non-hydrogen) atoms. The third-order valence-corrected chi connectivity index (χ3v) is 3.85. The summed E-state index contributed by atoms with van der Waals surface area (Å²) >= 11 is 5.99. The highest BCUT2D eigenvalue weighted by Gasteiger charge is 2.16. The summed E-state index contributed by atoms with van der Waals surface area (Å²) in [5, 5.41) is 13.9. The van der Waals surface area contributed by atoms with E-state index in [9.17, 15) is 5.11 Å². The van der Waals surface area contributed by atoms with Crippen LogP contribution in [0.3, 0.4) is 0 Å². The minimum atomic E-state index is 0.101. The van der Waals surface area contributed by atoms with Crippen LogP contribution in [-0.4, -0.2) is 11.1 Å². The number of nitrogens with one attached hydrogen (secondary N) is 1. The van der Waals surface area contributed by atoms with Gasteiger partial charge in [-0.15, -0.1) is 0 Å². The van der Waals surface area contributed by atoms with Crippen molar-refractivity contribution in [2.24, 2.45) is 0 Å². The molecular formula is C18H22ClNO. The van der Waals surface area contributed by atoms with Gasteiger partial charge in [-0.05, 0) is 48.7 Å². The molecule has 0 spiro atoms. The van der Waals surface area contributed by atoms with E-state index in [2.05, 4.69) is 19.2 Å². The molecule has 0 saturated carbocycles. The molecule has 0 saturated heterocycles. The Hall–Kier alpha value is -1.51. The maximum absolute atomic E-state index is 9.47. The maximum atomic E-state index is 9.47. The monoisotopic (exact) mass is 303 g/mol. The second kappa shape index (κ2) is 7.48. The van der Waals surface area contributed by atoms with Crippen molar-refractivity contribution in [3.05, 3.63) is 64.7 Å². The molecule has 0 heterocycles. The van der Waals surface area contributed by atoms with Crippen LogP contribution in [-0.2, 0) is 0 Å². The largest absolute Gasteiger partial charge is 0.508 e. The zero-order chi connectivity index (χ0) is 15.2. The zero-order valence-corrected chi connectivity index (χ0v) is 13.3. The Morgan fingerprint density at radius 3 is 2.05 bits per heavy atom. The smallest absolute Gasteiger partial charge is 0.115 e. The number of hydrogen-bond acceptors (Lipinski definition) is 2. The van der Waals surface area contributed by atoms with E-state index in [-0.39, 0.29) is 11.8 Å². The van der Waals surface area contributed by atoms with Gasteiger partial charge in [-0.3, -0.25) is 0 Å². The second-order valence-electron chi connectivity index (χ2n) is 5.43. The first-order valence-corrected chi connectivity index (χ1v) is 7.78. The van der Waals surface area contributed by atoms with Gasteiger partial charge in [-0.1, -0.05) is 49.2 Å². The molecule has 2 rings (SSSR count). The molecule has 0 radical (unpaired) electrons. The summed E-state index contributed by atoms with van der Waals surface area (Å²) < 4.78 is 0. The Morgan fingerprint density at radius 2 is 1.52 bits per heavy atom. The van der Waals surface area contributed by atoms with E-state index in [1.165, 1.54) is 5.56 Å². The third-order valence-electron chi connectivity index (χ3n) is 3.60. The Morgan fingerprint density at radius 1 is 1.00 bits per heavy atom. The standard InChI is InChI=1S/C18H22ClNO/c1-3-4-13(2)20-18(14-5-9-16(19)10-6-14)15-7-11-17(21)12-8-15/h5-13,18,20-21H,3-4H2,1-2H3. The van der Waals surface area contributed by atoms with Crippen LogP contribution < -0.4 is 5.32 Å². The molecule has 2 aromatic rings. The molecule has 0 aliphatic heterocycles. The average molecular weight is 304 g/mol. The quantitative estimate of drug-likeness (QED) is 0.794. The van der Waals surface area contributed by atoms with E-state index in [4.69, 9.17) is 11.6 Å². The van der Waals surface area contributed by atoms with Crippen LogP contribution in [0.4, 0.5) is 0 Å². The molecule has 112 valence electrons. The maximum Gasteiger partial charge on any atom is 0.115 e. The Bertz CT molecular complexity index is 505. The lowest BCUT2D eigenvalue weighted by Gasteiger charge is -2.24. The summed E-state index contributed by atoms with van der Waals surface area (Å²) in [6.07, 6.45) is 2.28. The molecule has 0 aliphatic rings. The molecule has 3 heteroatoms. The Labute approximate surface area is 131 Å². The Kier molecular flexibility index (Phi) is 5.66. The molecule has 2 nitrogen and oxygen atoms in total. The fourth-order valence-corrected chi connectivity index (χ4v) is 2.63. The first kappa shape index (κ1) is 15.9. The van der Waals surface area contributed by atoms with Gasteiger partial charge in [0.2, 0.25) is 0 Å². The van der Waals surface area contributed by atoms with E-state index in [1.54, 1.807) is 12.1 Å². The third kappa shape index (κ3) is 4.48. The van der Waals surface area contributed by atoms with Crippen molar-refractivity contribution in [3.63, 3.8) is 0 Å². The summed E-state index contributed by atoms with van der Waals surface area (Å²) in [4.78, 5) is 0. The summed E-state index contributed by atoms with van der Waals surface area (Å²) in [5.41, 5.74) is 2.31. The van der Waals surface area contributed by atoms with E-state index >= 15 is 0 Å². The summed E-state index contributed by atoms with van der Waals surface area (Å²) in [5.74, 6) is 0.287. The molecule has 0 amide bonds. The normalized spacial score (nSPS) is 13.9. The van der Waals surface area contributed by atoms with Crippen LogP contribution in [0.15, 0.2) is 48.5 Å². The van der Waals surface area contributed by atoms with Crippen LogP contribution >= 0.6 is 11.6 Å². The van der Waals surface area contributed by atoms with Gasteiger partial charge < -0.3 is 10.4 Å². The van der Waals surface area contributed by atoms with Crippen LogP contribution in [0.25, 0.3) is 0 Å². The molecule has 0 bridgehead atoms. The molecule has 0 aromatic heterocycles. The number of rotatable bonds is 6. The fourth-order valence-electron chi connectivity index (χ4n) is 2.51. The van der Waals surface area contributed by atoms with Gasteiger partial charge in [0.05, 0.1) is 6.04 Å². The van der Waals surface area contributed by atoms with Crippen molar-refractivity contribution in [1.82, 2.24) is 5.32 Å². The van der Waals surface area contributed by atoms with Gasteiger partial charge in [0.25, 0.3) is 0 Å². The lowest BCUT2D eigenvalue weighted by Crippen LogP contribution is -2.31. The zero-order valence-electron chi connectivity index (χ0n) is 12.5. The number of phenols is 1. The fraction of sp³-hybridized carbons (Fsp3) is 0.333. The molecule has 2 aromatic carbocycles. The minimum absolute atomic E-state index is 0.101. The lowest BCUT2D eigenvalue weighted by molar-refractivity contribution is 0.464. The van der Waals surface area contributed by atoms with Crippen LogP contribution in [0.2, 0.25) is 5.02 Å². The molecule has 0 fully saturated rings. The molecule has 2 N–H and O–H groups in total. The van der Waals surface area contributed by atoms with E-state index < -0.39 is 0 Å². The van der Waals surface area contributed by atoms with E-state index in [0.29, 0.717) is 6.04 Å². The van der Waals surface area contributed by atoms with Crippen molar-refractivity contribution >= 4 is 11.6 Å². The van der Waals surface area contributed by atoms with Crippen molar-refractivity contribution in [2.75, 3.05) is 0 Å². The van der Waals surface area contributed by atoms with Gasteiger partial charge in [0.1, 0.15) is 5.75 Å². The summed E-state index contributed by atoms with van der Waals surface area (Å²) in [6.45, 7) is 4.39. The van der Waals surface area contributed by atoms with Crippen LogP contribution in [0.5, 0.6) is 5.75 Å². The second-order valence-corrected chi connectivity index (χ2v) is 5.87. The average Bonchev–Trinajstić information content (AvgIpc) is 2.47. The first-order chi connectivity index (χ1) is 10.1. The summed E-state index contributed by atoms with van der Waals surface area (Å²) in [6, 6.07) is 15.8. The van der Waals surface area contributed by atoms with Gasteiger partial charge in [-0.2, -0.15) is 0 Å². The van der Waals surface area contributed by atoms with Crippen molar-refractivity contribution in [2.45, 2.75) is 38.8 Å². The molecule has 2 unspecified atom stereocenters. The summed E-state index contributed by atoms with van der Waals surface area (Å²) in [7, 11) is 0. The Balaban J connectivity index is 2.29. The van der Waals surface area contributed by atoms with Gasteiger partial charge >= 0.3 is 0 Å². The van der Waals surface area contributed by atoms with Gasteiger partial charge in [0.15, 0.2) is 0 Å². The number of hydrogen-bond donors (Lipinski definition) is 2. The van der Waals surface area contributed by atoms with Crippen LogP contribution in [0, 0.1) is 0 Å². The predicted molar refractivity (Wildman–Crippen MR) is 88.9 cm³/mol. The lowest BCUT2D eigenvalue weighted by atomic mass is 9.97. The van der Waals surface area contributed by atoms with Crippen LogP contribution in [0.1, 0.15) is 43.9 Å². The van der Waals surface area contributed by atoms with E-state index in [0.717, 1.165) is 23.4 Å². The first-order valence-electron chi connectivity index (χ1n) is 7.40. The van der Waals surface area contributed by atoms with Crippen molar-refractivity contribution < 1.29 is 5.11 Å². The highest BCUT2D eigenvalue weighted by Crippen LogP contribution is 2.26.